The van der Waals surface area contributed by atoms with Crippen molar-refractivity contribution in [3.8, 4) is 0 Å². The lowest BCUT2D eigenvalue weighted by atomic mass is 9.76. The van der Waals surface area contributed by atoms with Gasteiger partial charge >= 0.3 is 5.97 Å². The van der Waals surface area contributed by atoms with Crippen molar-refractivity contribution >= 4 is 5.97 Å². The molecule has 1 atom stereocenters. The van der Waals surface area contributed by atoms with E-state index in [9.17, 15) is 4.79 Å². The van der Waals surface area contributed by atoms with Crippen molar-refractivity contribution in [3.63, 3.8) is 0 Å². The summed E-state index contributed by atoms with van der Waals surface area (Å²) in [5.74, 6) is -0.674. The van der Waals surface area contributed by atoms with Crippen molar-refractivity contribution in [2.24, 2.45) is 5.73 Å². The molecule has 0 bridgehead atoms. The number of ether oxygens (including phenoxy) is 1. The molecule has 2 aromatic rings. The van der Waals surface area contributed by atoms with Crippen LogP contribution >= 0.6 is 0 Å². The molecule has 0 aliphatic carbocycles. The maximum Gasteiger partial charge on any atom is 0.326 e. The molecular formula is C17H19NO2. The Kier molecular flexibility index (Phi) is 4.20. The lowest BCUT2D eigenvalue weighted by Crippen LogP contribution is -2.51. The molecule has 0 unspecified atom stereocenters. The lowest BCUT2D eigenvalue weighted by molar-refractivity contribution is -0.146. The van der Waals surface area contributed by atoms with Gasteiger partial charge in [-0.1, -0.05) is 60.7 Å². The van der Waals surface area contributed by atoms with E-state index < -0.39 is 11.5 Å². The molecule has 2 rings (SSSR count). The van der Waals surface area contributed by atoms with Gasteiger partial charge in [0.1, 0.15) is 5.54 Å². The van der Waals surface area contributed by atoms with Gasteiger partial charge in [-0.05, 0) is 18.1 Å². The monoisotopic (exact) mass is 269 g/mol. The SMILES string of the molecule is COC(=O)[C@](C)(N)C(c1ccccc1)c1ccccc1. The molecule has 2 N–H and O–H groups in total. The fourth-order valence-electron chi connectivity index (χ4n) is 2.51. The molecule has 0 aliphatic heterocycles. The maximum atomic E-state index is 12.1. The van der Waals surface area contributed by atoms with Gasteiger partial charge in [0.2, 0.25) is 0 Å². The van der Waals surface area contributed by atoms with Crippen LogP contribution in [0.2, 0.25) is 0 Å². The Morgan fingerprint density at radius 1 is 1.00 bits per heavy atom. The summed E-state index contributed by atoms with van der Waals surface area (Å²) >= 11 is 0. The first kappa shape index (κ1) is 14.3. The molecule has 104 valence electrons. The third-order valence-electron chi connectivity index (χ3n) is 3.49. The fourth-order valence-corrected chi connectivity index (χ4v) is 2.51. The summed E-state index contributed by atoms with van der Waals surface area (Å²) < 4.78 is 4.88. The van der Waals surface area contributed by atoms with Crippen LogP contribution in [-0.4, -0.2) is 18.6 Å². The van der Waals surface area contributed by atoms with Crippen molar-refractivity contribution in [2.45, 2.75) is 18.4 Å². The number of methoxy groups -OCH3 is 1. The molecule has 0 radical (unpaired) electrons. The van der Waals surface area contributed by atoms with E-state index in [2.05, 4.69) is 0 Å². The molecule has 20 heavy (non-hydrogen) atoms. The zero-order valence-electron chi connectivity index (χ0n) is 11.7. The highest BCUT2D eigenvalue weighted by Gasteiger charge is 2.40. The second-order valence-corrected chi connectivity index (χ2v) is 5.03. The van der Waals surface area contributed by atoms with Gasteiger partial charge in [-0.15, -0.1) is 0 Å². The Labute approximate surface area is 119 Å². The van der Waals surface area contributed by atoms with Gasteiger partial charge in [0.15, 0.2) is 0 Å². The molecule has 0 saturated heterocycles. The van der Waals surface area contributed by atoms with Crippen LogP contribution in [0.5, 0.6) is 0 Å². The Morgan fingerprint density at radius 2 is 1.40 bits per heavy atom. The predicted octanol–water partition coefficient (Wildman–Crippen LogP) is 2.71. The van der Waals surface area contributed by atoms with Crippen LogP contribution in [0, 0.1) is 0 Å². The normalized spacial score (nSPS) is 13.8. The first-order valence-corrected chi connectivity index (χ1v) is 6.54. The van der Waals surface area contributed by atoms with E-state index in [-0.39, 0.29) is 5.92 Å². The largest absolute Gasteiger partial charge is 0.468 e. The molecule has 3 nitrogen and oxygen atoms in total. The maximum absolute atomic E-state index is 12.1. The number of rotatable bonds is 4. The van der Waals surface area contributed by atoms with Gasteiger partial charge in [-0.3, -0.25) is 4.79 Å². The third-order valence-corrected chi connectivity index (χ3v) is 3.49. The minimum absolute atomic E-state index is 0.252. The minimum atomic E-state index is -1.13. The van der Waals surface area contributed by atoms with Crippen LogP contribution in [-0.2, 0) is 9.53 Å². The van der Waals surface area contributed by atoms with Crippen LogP contribution in [0.1, 0.15) is 24.0 Å². The van der Waals surface area contributed by atoms with Gasteiger partial charge < -0.3 is 10.5 Å². The molecule has 0 aromatic heterocycles. The van der Waals surface area contributed by atoms with E-state index in [1.165, 1.54) is 7.11 Å². The van der Waals surface area contributed by atoms with Gasteiger partial charge in [0, 0.05) is 5.92 Å². The van der Waals surface area contributed by atoms with Crippen LogP contribution in [0.3, 0.4) is 0 Å². The van der Waals surface area contributed by atoms with Gasteiger partial charge in [0.25, 0.3) is 0 Å². The summed E-state index contributed by atoms with van der Waals surface area (Å²) in [6.07, 6.45) is 0. The summed E-state index contributed by atoms with van der Waals surface area (Å²) in [5.41, 5.74) is 7.17. The van der Waals surface area contributed by atoms with E-state index in [1.54, 1.807) is 6.92 Å². The molecule has 2 aromatic carbocycles. The lowest BCUT2D eigenvalue weighted by Gasteiger charge is -2.32. The van der Waals surface area contributed by atoms with Crippen molar-refractivity contribution < 1.29 is 9.53 Å². The van der Waals surface area contributed by atoms with E-state index in [4.69, 9.17) is 10.5 Å². The van der Waals surface area contributed by atoms with E-state index in [0.717, 1.165) is 11.1 Å². The van der Waals surface area contributed by atoms with Crippen LogP contribution in [0.15, 0.2) is 60.7 Å². The second-order valence-electron chi connectivity index (χ2n) is 5.03. The van der Waals surface area contributed by atoms with Crippen molar-refractivity contribution in [3.05, 3.63) is 71.8 Å². The smallest absolute Gasteiger partial charge is 0.326 e. The molecule has 0 aliphatic rings. The van der Waals surface area contributed by atoms with Gasteiger partial charge in [-0.2, -0.15) is 0 Å². The first-order chi connectivity index (χ1) is 9.57. The van der Waals surface area contributed by atoms with Crippen LogP contribution in [0.25, 0.3) is 0 Å². The number of hydrogen-bond donors (Lipinski definition) is 1. The number of carbonyl (C=O) groups excluding carboxylic acids is 1. The van der Waals surface area contributed by atoms with Gasteiger partial charge in [-0.25, -0.2) is 0 Å². The molecule has 0 fully saturated rings. The quantitative estimate of drug-likeness (QED) is 0.868. The average Bonchev–Trinajstić information content (AvgIpc) is 2.48. The second kappa shape index (κ2) is 5.88. The number of benzene rings is 2. The van der Waals surface area contributed by atoms with E-state index in [0.29, 0.717) is 0 Å². The zero-order valence-corrected chi connectivity index (χ0v) is 11.7. The van der Waals surface area contributed by atoms with E-state index >= 15 is 0 Å². The number of nitrogens with two attached hydrogens (primary N) is 1. The number of esters is 1. The summed E-state index contributed by atoms with van der Waals surface area (Å²) in [5, 5.41) is 0. The average molecular weight is 269 g/mol. The topological polar surface area (TPSA) is 52.3 Å². The Hall–Kier alpha value is -2.13. The highest BCUT2D eigenvalue weighted by atomic mass is 16.5. The van der Waals surface area contributed by atoms with E-state index in [1.807, 2.05) is 60.7 Å². The standard InChI is InChI=1S/C17H19NO2/c1-17(18,16(19)20-2)15(13-9-5-3-6-10-13)14-11-7-4-8-12-14/h3-12,15H,18H2,1-2H3/t17-/m1/s1. The molecule has 3 heteroatoms. The Morgan fingerprint density at radius 3 is 1.75 bits per heavy atom. The van der Waals surface area contributed by atoms with Crippen LogP contribution in [0.4, 0.5) is 0 Å². The van der Waals surface area contributed by atoms with Crippen molar-refractivity contribution in [1.82, 2.24) is 0 Å². The number of carbonyl (C=O) groups is 1. The van der Waals surface area contributed by atoms with Crippen molar-refractivity contribution in [1.29, 1.82) is 0 Å². The molecule has 0 spiro atoms. The van der Waals surface area contributed by atoms with Gasteiger partial charge in [0.05, 0.1) is 7.11 Å². The summed E-state index contributed by atoms with van der Waals surface area (Å²) in [6, 6.07) is 19.6. The predicted molar refractivity (Wildman–Crippen MR) is 79.3 cm³/mol. The van der Waals surface area contributed by atoms with Crippen LogP contribution < -0.4 is 5.73 Å². The minimum Gasteiger partial charge on any atom is -0.468 e. The fraction of sp³-hybridized carbons (Fsp3) is 0.235. The summed E-state index contributed by atoms with van der Waals surface area (Å²) in [4.78, 5) is 12.1. The summed E-state index contributed by atoms with van der Waals surface area (Å²) in [6.45, 7) is 1.71. The van der Waals surface area contributed by atoms with Crippen molar-refractivity contribution in [2.75, 3.05) is 7.11 Å². The first-order valence-electron chi connectivity index (χ1n) is 6.54. The Balaban J connectivity index is 2.54. The highest BCUT2D eigenvalue weighted by Crippen LogP contribution is 2.34. The Bertz CT molecular complexity index is 525. The molecule has 0 heterocycles. The third kappa shape index (κ3) is 2.73. The summed E-state index contributed by atoms with van der Waals surface area (Å²) in [7, 11) is 1.36. The zero-order chi connectivity index (χ0) is 14.6. The molecule has 0 saturated carbocycles. The molecule has 0 amide bonds. The number of hydrogen-bond acceptors (Lipinski definition) is 3. The molecular weight excluding hydrogens is 250 g/mol. The highest BCUT2D eigenvalue weighted by molar-refractivity contribution is 5.82.